The molecule has 2 nitrogen and oxygen atoms in total. The van der Waals surface area contributed by atoms with Crippen molar-refractivity contribution in [2.75, 3.05) is 0 Å². The predicted molar refractivity (Wildman–Crippen MR) is 44.5 cm³/mol. The molecule has 0 aromatic heterocycles. The molecule has 0 aromatic rings. The van der Waals surface area contributed by atoms with Gasteiger partial charge in [0, 0.05) is 30.7 Å². The Labute approximate surface area is 61.4 Å². The molecule has 1 aliphatic heterocycles. The van der Waals surface area contributed by atoms with Gasteiger partial charge in [-0.3, -0.25) is 9.98 Å². The Kier molecular flexibility index (Phi) is 2.37. The van der Waals surface area contributed by atoms with Crippen molar-refractivity contribution in [1.82, 2.24) is 0 Å². The second-order valence-corrected chi connectivity index (χ2v) is 2.72. The number of hydrogen-bond donors (Lipinski definition) is 0. The minimum atomic E-state index is 0.398. The summed E-state index contributed by atoms with van der Waals surface area (Å²) in [6.07, 6.45) is 7.27. The summed E-state index contributed by atoms with van der Waals surface area (Å²) in [5.41, 5.74) is 0. The van der Waals surface area contributed by atoms with E-state index < -0.39 is 0 Å². The molecule has 0 aliphatic carbocycles. The molecule has 0 N–H and O–H groups in total. The van der Waals surface area contributed by atoms with Gasteiger partial charge < -0.3 is 0 Å². The Morgan fingerprint density at radius 2 is 1.60 bits per heavy atom. The molecule has 1 rings (SSSR count). The molecular weight excluding hydrogens is 124 g/mol. The molecule has 0 spiro atoms. The Hall–Kier alpha value is -0.920. The van der Waals surface area contributed by atoms with Crippen LogP contribution in [0.15, 0.2) is 22.4 Å². The molecule has 0 bridgehead atoms. The first kappa shape index (κ1) is 7.19. The summed E-state index contributed by atoms with van der Waals surface area (Å²) in [6, 6.07) is 0. The van der Waals surface area contributed by atoms with Gasteiger partial charge in [0.15, 0.2) is 0 Å². The van der Waals surface area contributed by atoms with Crippen molar-refractivity contribution in [3.05, 3.63) is 12.4 Å². The number of nitrogens with zero attached hydrogens (tertiary/aromatic N) is 2. The lowest BCUT2D eigenvalue weighted by Crippen LogP contribution is -2.10. The smallest absolute Gasteiger partial charge is 0.0447 e. The molecule has 10 heavy (non-hydrogen) atoms. The molecule has 0 saturated carbocycles. The molecule has 54 valence electrons. The van der Waals surface area contributed by atoms with Crippen LogP contribution < -0.4 is 0 Å². The average Bonchev–Trinajstić information content (AvgIpc) is 2.12. The van der Waals surface area contributed by atoms with E-state index in [1.54, 1.807) is 12.4 Å². The van der Waals surface area contributed by atoms with Crippen LogP contribution in [0.3, 0.4) is 0 Å². The van der Waals surface area contributed by atoms with Crippen molar-refractivity contribution >= 4 is 12.4 Å². The largest absolute Gasteiger partial charge is 0.267 e. The fourth-order valence-electron chi connectivity index (χ4n) is 0.758. The standard InChI is InChI=1S/C8H12N2/c1-7(2)8-5-9-3-4-10-6-8/h3-8H,1-2H3. The monoisotopic (exact) mass is 136 g/mol. The van der Waals surface area contributed by atoms with Crippen LogP contribution in [0.4, 0.5) is 0 Å². The number of rotatable bonds is 1. The van der Waals surface area contributed by atoms with E-state index >= 15 is 0 Å². The summed E-state index contributed by atoms with van der Waals surface area (Å²) in [5, 5.41) is 0. The van der Waals surface area contributed by atoms with Crippen molar-refractivity contribution in [2.24, 2.45) is 21.8 Å². The molecule has 0 radical (unpaired) electrons. The van der Waals surface area contributed by atoms with Crippen molar-refractivity contribution in [3.8, 4) is 0 Å². The van der Waals surface area contributed by atoms with Crippen LogP contribution in [0.1, 0.15) is 13.8 Å². The molecule has 0 unspecified atom stereocenters. The van der Waals surface area contributed by atoms with Gasteiger partial charge in [-0.2, -0.15) is 0 Å². The second-order valence-electron chi connectivity index (χ2n) is 2.72. The zero-order valence-corrected chi connectivity index (χ0v) is 6.36. The zero-order chi connectivity index (χ0) is 7.40. The van der Waals surface area contributed by atoms with E-state index in [1.807, 2.05) is 12.4 Å². The Morgan fingerprint density at radius 1 is 1.10 bits per heavy atom. The summed E-state index contributed by atoms with van der Waals surface area (Å²) in [6.45, 7) is 4.32. The molecule has 0 amide bonds. The van der Waals surface area contributed by atoms with Gasteiger partial charge in [0.1, 0.15) is 0 Å². The van der Waals surface area contributed by atoms with Gasteiger partial charge in [0.25, 0.3) is 0 Å². The van der Waals surface area contributed by atoms with E-state index in [2.05, 4.69) is 23.8 Å². The highest BCUT2D eigenvalue weighted by Gasteiger charge is 2.06. The maximum Gasteiger partial charge on any atom is 0.0447 e. The summed E-state index contributed by atoms with van der Waals surface area (Å²) >= 11 is 0. The second kappa shape index (κ2) is 3.30. The third-order valence-electron chi connectivity index (χ3n) is 1.52. The molecule has 0 saturated heterocycles. The maximum absolute atomic E-state index is 4.04. The highest BCUT2D eigenvalue weighted by molar-refractivity contribution is 5.84. The normalized spacial score (nSPS) is 18.3. The van der Waals surface area contributed by atoms with E-state index in [0.29, 0.717) is 11.8 Å². The fraction of sp³-hybridized carbons (Fsp3) is 0.500. The van der Waals surface area contributed by atoms with E-state index in [1.165, 1.54) is 0 Å². The minimum Gasteiger partial charge on any atom is -0.267 e. The van der Waals surface area contributed by atoms with Crippen molar-refractivity contribution < 1.29 is 0 Å². The topological polar surface area (TPSA) is 24.7 Å². The first-order valence-corrected chi connectivity index (χ1v) is 3.52. The lowest BCUT2D eigenvalue weighted by atomic mass is 9.99. The van der Waals surface area contributed by atoms with Crippen LogP contribution >= 0.6 is 0 Å². The highest BCUT2D eigenvalue weighted by atomic mass is 14.8. The lowest BCUT2D eigenvalue weighted by molar-refractivity contribution is 0.618. The first-order valence-electron chi connectivity index (χ1n) is 3.52. The Morgan fingerprint density at radius 3 is 2.00 bits per heavy atom. The molecule has 0 fully saturated rings. The summed E-state index contributed by atoms with van der Waals surface area (Å²) in [5.74, 6) is 0.988. The number of hydrogen-bond acceptors (Lipinski definition) is 2. The van der Waals surface area contributed by atoms with Gasteiger partial charge in [0.2, 0.25) is 0 Å². The molecule has 1 heterocycles. The van der Waals surface area contributed by atoms with E-state index in [4.69, 9.17) is 0 Å². The van der Waals surface area contributed by atoms with Gasteiger partial charge in [0.05, 0.1) is 0 Å². The zero-order valence-electron chi connectivity index (χ0n) is 6.36. The van der Waals surface area contributed by atoms with Crippen LogP contribution in [0, 0.1) is 11.8 Å². The van der Waals surface area contributed by atoms with Gasteiger partial charge in [-0.15, -0.1) is 0 Å². The maximum atomic E-state index is 4.04. The highest BCUT2D eigenvalue weighted by Crippen LogP contribution is 2.07. The summed E-state index contributed by atoms with van der Waals surface area (Å²) in [4.78, 5) is 8.09. The van der Waals surface area contributed by atoms with Gasteiger partial charge in [-0.25, -0.2) is 0 Å². The molecule has 1 aliphatic rings. The third kappa shape index (κ3) is 1.79. The van der Waals surface area contributed by atoms with Crippen molar-refractivity contribution in [3.63, 3.8) is 0 Å². The summed E-state index contributed by atoms with van der Waals surface area (Å²) in [7, 11) is 0. The molecular formula is C8H12N2. The van der Waals surface area contributed by atoms with E-state index in [0.717, 1.165) is 0 Å². The molecule has 0 atom stereocenters. The minimum absolute atomic E-state index is 0.398. The van der Waals surface area contributed by atoms with Gasteiger partial charge in [-0.05, 0) is 5.92 Å². The lowest BCUT2D eigenvalue weighted by Gasteiger charge is -2.07. The predicted octanol–water partition coefficient (Wildman–Crippen LogP) is 1.89. The van der Waals surface area contributed by atoms with Crippen LogP contribution in [-0.2, 0) is 0 Å². The van der Waals surface area contributed by atoms with Gasteiger partial charge >= 0.3 is 0 Å². The van der Waals surface area contributed by atoms with Crippen LogP contribution in [0.5, 0.6) is 0 Å². The quantitative estimate of drug-likeness (QED) is 0.526. The van der Waals surface area contributed by atoms with Crippen LogP contribution in [-0.4, -0.2) is 12.4 Å². The molecule has 2 heteroatoms. The molecule has 0 aromatic carbocycles. The van der Waals surface area contributed by atoms with Gasteiger partial charge in [-0.1, -0.05) is 13.8 Å². The number of aliphatic imine (C=N–C) groups is 2. The van der Waals surface area contributed by atoms with Crippen molar-refractivity contribution in [2.45, 2.75) is 13.8 Å². The first-order chi connectivity index (χ1) is 4.80. The summed E-state index contributed by atoms with van der Waals surface area (Å²) < 4.78 is 0. The average molecular weight is 136 g/mol. The Balaban J connectivity index is 2.63. The van der Waals surface area contributed by atoms with Crippen molar-refractivity contribution in [1.29, 1.82) is 0 Å². The van der Waals surface area contributed by atoms with Crippen LogP contribution in [0.2, 0.25) is 0 Å². The third-order valence-corrected chi connectivity index (χ3v) is 1.52. The SMILES string of the molecule is CC(C)C1C=NC=CN=C1. The Bertz CT molecular complexity index is 162. The van der Waals surface area contributed by atoms with E-state index in [9.17, 15) is 0 Å². The fourth-order valence-corrected chi connectivity index (χ4v) is 0.758. The van der Waals surface area contributed by atoms with E-state index in [-0.39, 0.29) is 0 Å². The van der Waals surface area contributed by atoms with Crippen LogP contribution in [0.25, 0.3) is 0 Å².